The van der Waals surface area contributed by atoms with Gasteiger partial charge in [0.2, 0.25) is 0 Å². The molecule has 4 aromatic carbocycles. The molecule has 4 aromatic rings. The van der Waals surface area contributed by atoms with Crippen molar-refractivity contribution in [1.29, 1.82) is 0 Å². The van der Waals surface area contributed by atoms with Gasteiger partial charge in [0.05, 0.1) is 0 Å². The first-order chi connectivity index (χ1) is 16.4. The zero-order valence-electron chi connectivity index (χ0n) is 20.0. The molecule has 172 valence electrons. The van der Waals surface area contributed by atoms with Gasteiger partial charge in [-0.15, -0.1) is 0 Å². The molecule has 0 amide bonds. The van der Waals surface area contributed by atoms with Crippen molar-refractivity contribution in [2.24, 2.45) is 0 Å². The van der Waals surface area contributed by atoms with Gasteiger partial charge in [-0.25, -0.2) is 0 Å². The summed E-state index contributed by atoms with van der Waals surface area (Å²) < 4.78 is 20.5. The van der Waals surface area contributed by atoms with Crippen molar-refractivity contribution in [3.05, 3.63) is 132 Å². The lowest BCUT2D eigenvalue weighted by molar-refractivity contribution is 0.306. The summed E-state index contributed by atoms with van der Waals surface area (Å²) in [5.74, 6) is 2.69. The van der Waals surface area contributed by atoms with E-state index in [1.54, 1.807) is 0 Å². The summed E-state index contributed by atoms with van der Waals surface area (Å²) >= 11 is 0. The highest BCUT2D eigenvalue weighted by Gasteiger charge is 2.24. The topological polar surface area (TPSA) is 26.3 Å². The van der Waals surface area contributed by atoms with Crippen molar-refractivity contribution in [2.75, 3.05) is 0 Å². The van der Waals surface area contributed by atoms with Crippen LogP contribution in [0.15, 0.2) is 115 Å². The van der Waals surface area contributed by atoms with Crippen LogP contribution in [0, 0.1) is 0 Å². The average molecular weight is 467 g/mol. The number of hydrogen-bond donors (Lipinski definition) is 0. The maximum Gasteiger partial charge on any atom is 0.164 e. The molecule has 0 saturated carbocycles. The van der Waals surface area contributed by atoms with Crippen LogP contribution in [0.5, 0.6) is 5.75 Å². The Balaban J connectivity index is 1.73. The molecule has 2 nitrogen and oxygen atoms in total. The molecule has 0 spiro atoms. The summed E-state index contributed by atoms with van der Waals surface area (Å²) in [6.45, 7) is 7.08. The second kappa shape index (κ2) is 10.3. The predicted molar refractivity (Wildman–Crippen MR) is 145 cm³/mol. The molecular weight excluding hydrogens is 435 g/mol. The molecule has 0 N–H and O–H groups in total. The van der Waals surface area contributed by atoms with E-state index in [0.29, 0.717) is 6.61 Å². The fourth-order valence-electron chi connectivity index (χ4n) is 4.00. The fourth-order valence-corrected chi connectivity index (χ4v) is 6.24. The summed E-state index contributed by atoms with van der Waals surface area (Å²) in [7, 11) is -2.96. The van der Waals surface area contributed by atoms with Crippen molar-refractivity contribution in [3.63, 3.8) is 0 Å². The fraction of sp³-hybridized carbons (Fsp3) is 0.161. The molecule has 0 fully saturated rings. The van der Waals surface area contributed by atoms with Crippen LogP contribution < -0.4 is 15.3 Å². The van der Waals surface area contributed by atoms with Gasteiger partial charge in [0.1, 0.15) is 12.4 Å². The van der Waals surface area contributed by atoms with Crippen LogP contribution in [0.25, 0.3) is 6.08 Å². The van der Waals surface area contributed by atoms with E-state index in [0.717, 1.165) is 27.5 Å². The molecule has 0 aromatic heterocycles. The van der Waals surface area contributed by atoms with Crippen LogP contribution in [0.1, 0.15) is 37.5 Å². The molecule has 4 rings (SSSR count). The minimum Gasteiger partial charge on any atom is -0.489 e. The van der Waals surface area contributed by atoms with Crippen molar-refractivity contribution in [2.45, 2.75) is 32.8 Å². The summed E-state index contributed by atoms with van der Waals surface area (Å²) in [4.78, 5) is 0. The molecule has 0 saturated heterocycles. The van der Waals surface area contributed by atoms with Gasteiger partial charge in [-0.1, -0.05) is 124 Å². The maximum absolute atomic E-state index is 14.4. The Labute approximate surface area is 203 Å². The number of hydrogen-bond acceptors (Lipinski definition) is 2. The molecule has 0 heterocycles. The second-order valence-electron chi connectivity index (χ2n) is 9.42. The van der Waals surface area contributed by atoms with E-state index in [2.05, 4.69) is 45.0 Å². The molecule has 0 aliphatic carbocycles. The molecule has 0 atom stereocenters. The van der Waals surface area contributed by atoms with Crippen LogP contribution in [0.3, 0.4) is 0 Å². The van der Waals surface area contributed by atoms with Gasteiger partial charge in [-0.3, -0.25) is 0 Å². The van der Waals surface area contributed by atoms with Crippen LogP contribution in [-0.4, -0.2) is 0 Å². The Bertz CT molecular complexity index is 1240. The normalized spacial score (nSPS) is 12.1. The van der Waals surface area contributed by atoms with Crippen molar-refractivity contribution in [1.82, 2.24) is 0 Å². The minimum absolute atomic E-state index is 0.0683. The summed E-state index contributed by atoms with van der Waals surface area (Å²) in [5.41, 5.74) is 3.26. The molecule has 0 aliphatic heterocycles. The Morgan fingerprint density at radius 3 is 1.79 bits per heavy atom. The SMILES string of the molecule is CC(C)(C)c1ccc(OCc2ccccc2)cc1/C=C/P(=O)(c1ccccc1)c1ccccc1. The van der Waals surface area contributed by atoms with E-state index in [9.17, 15) is 4.57 Å². The first kappa shape index (κ1) is 23.8. The largest absolute Gasteiger partial charge is 0.489 e. The second-order valence-corrected chi connectivity index (χ2v) is 12.1. The van der Waals surface area contributed by atoms with Gasteiger partial charge >= 0.3 is 0 Å². The lowest BCUT2D eigenvalue weighted by Gasteiger charge is -2.23. The molecule has 0 aliphatic rings. The third-order valence-corrected chi connectivity index (χ3v) is 8.52. The standard InChI is InChI=1S/C31H31O2P/c1-31(2,3)30-20-19-27(33-24-25-13-7-4-8-14-25)23-26(30)21-22-34(32,28-15-9-5-10-16-28)29-17-11-6-12-18-29/h4-23H,24H2,1-3H3/b22-21+. The Morgan fingerprint density at radius 1 is 0.735 bits per heavy atom. The highest BCUT2D eigenvalue weighted by Crippen LogP contribution is 2.46. The maximum atomic E-state index is 14.4. The molecule has 34 heavy (non-hydrogen) atoms. The van der Waals surface area contributed by atoms with E-state index in [1.165, 1.54) is 5.56 Å². The van der Waals surface area contributed by atoms with Crippen LogP contribution >= 0.6 is 7.14 Å². The Hall–Kier alpha value is -3.35. The average Bonchev–Trinajstić information content (AvgIpc) is 2.87. The smallest absolute Gasteiger partial charge is 0.164 e. The van der Waals surface area contributed by atoms with E-state index >= 15 is 0 Å². The van der Waals surface area contributed by atoms with Crippen molar-refractivity contribution < 1.29 is 9.30 Å². The zero-order valence-corrected chi connectivity index (χ0v) is 20.9. The van der Waals surface area contributed by atoms with Gasteiger partial charge in [-0.2, -0.15) is 0 Å². The highest BCUT2D eigenvalue weighted by molar-refractivity contribution is 7.81. The zero-order chi connectivity index (χ0) is 24.0. The predicted octanol–water partition coefficient (Wildman–Crippen LogP) is 7.55. The minimum atomic E-state index is -2.96. The lowest BCUT2D eigenvalue weighted by atomic mass is 9.83. The Morgan fingerprint density at radius 2 is 1.26 bits per heavy atom. The van der Waals surface area contributed by atoms with Gasteiger partial charge in [0, 0.05) is 10.6 Å². The van der Waals surface area contributed by atoms with Crippen molar-refractivity contribution in [3.8, 4) is 5.75 Å². The summed E-state index contributed by atoms with van der Waals surface area (Å²) in [6, 6.07) is 35.8. The number of rotatable bonds is 7. The monoisotopic (exact) mass is 466 g/mol. The van der Waals surface area contributed by atoms with E-state index in [-0.39, 0.29) is 5.41 Å². The van der Waals surface area contributed by atoms with E-state index in [1.807, 2.05) is 96.8 Å². The first-order valence-electron chi connectivity index (χ1n) is 11.6. The van der Waals surface area contributed by atoms with Crippen LogP contribution in [0.2, 0.25) is 0 Å². The molecule has 0 unspecified atom stereocenters. The lowest BCUT2D eigenvalue weighted by Crippen LogP contribution is -2.15. The Kier molecular flexibility index (Phi) is 7.20. The van der Waals surface area contributed by atoms with Crippen LogP contribution in [0.4, 0.5) is 0 Å². The van der Waals surface area contributed by atoms with Gasteiger partial charge in [-0.05, 0) is 40.1 Å². The third-order valence-electron chi connectivity index (χ3n) is 5.82. The summed E-state index contributed by atoms with van der Waals surface area (Å²) in [6.07, 6.45) is 2.01. The molecular formula is C31H31O2P. The number of ether oxygens (including phenoxy) is 1. The quantitative estimate of drug-likeness (QED) is 0.263. The van der Waals surface area contributed by atoms with E-state index < -0.39 is 7.14 Å². The molecule has 3 heteroatoms. The highest BCUT2D eigenvalue weighted by atomic mass is 31.2. The molecule has 0 bridgehead atoms. The number of benzene rings is 4. The van der Waals surface area contributed by atoms with Crippen molar-refractivity contribution >= 4 is 23.8 Å². The van der Waals surface area contributed by atoms with Gasteiger partial charge in [0.25, 0.3) is 0 Å². The van der Waals surface area contributed by atoms with Crippen LogP contribution in [-0.2, 0) is 16.6 Å². The third kappa shape index (κ3) is 5.58. The molecule has 0 radical (unpaired) electrons. The van der Waals surface area contributed by atoms with Gasteiger partial charge in [0.15, 0.2) is 7.14 Å². The summed E-state index contributed by atoms with van der Waals surface area (Å²) in [5, 5.41) is 1.65. The van der Waals surface area contributed by atoms with Gasteiger partial charge < -0.3 is 9.30 Å². The first-order valence-corrected chi connectivity index (χ1v) is 13.4. The van der Waals surface area contributed by atoms with E-state index in [4.69, 9.17) is 4.74 Å².